The van der Waals surface area contributed by atoms with Gasteiger partial charge < -0.3 is 15.9 Å². The maximum Gasteiger partial charge on any atom is 0.0963 e. The van der Waals surface area contributed by atoms with Crippen LogP contribution in [0.4, 0.5) is 0 Å². The minimum atomic E-state index is -0.833. The summed E-state index contributed by atoms with van der Waals surface area (Å²) in [6.45, 7) is -0.235. The van der Waals surface area contributed by atoms with Crippen LogP contribution in [0.25, 0.3) is 11.1 Å². The van der Waals surface area contributed by atoms with Crippen molar-refractivity contribution in [1.29, 1.82) is 0 Å². The first-order valence-corrected chi connectivity index (χ1v) is 5.92. The Hall–Kier alpha value is -1.68. The third kappa shape index (κ3) is 2.76. The molecule has 0 aliphatic carbocycles. The quantitative estimate of drug-likeness (QED) is 0.765. The van der Waals surface area contributed by atoms with Crippen molar-refractivity contribution in [3.8, 4) is 11.1 Å². The molecule has 3 heteroatoms. The summed E-state index contributed by atoms with van der Waals surface area (Å²) in [4.78, 5) is 0. The van der Waals surface area contributed by atoms with Crippen LogP contribution in [0.5, 0.6) is 0 Å². The van der Waals surface area contributed by atoms with Crippen LogP contribution in [0.15, 0.2) is 54.6 Å². The summed E-state index contributed by atoms with van der Waals surface area (Å²) in [5.74, 6) is 0. The van der Waals surface area contributed by atoms with Crippen molar-refractivity contribution in [3.63, 3.8) is 0 Å². The third-order valence-electron chi connectivity index (χ3n) is 2.98. The molecule has 0 heterocycles. The zero-order valence-electron chi connectivity index (χ0n) is 10.0. The van der Waals surface area contributed by atoms with Gasteiger partial charge in [-0.1, -0.05) is 54.6 Å². The molecule has 0 fully saturated rings. The van der Waals surface area contributed by atoms with Crippen molar-refractivity contribution in [2.75, 3.05) is 6.61 Å². The number of aliphatic hydroxyl groups excluding tert-OH is 2. The molecule has 0 radical (unpaired) electrons. The SMILES string of the molecule is N[C@@H](CO)[C@H](O)c1ccc(-c2ccccc2)cc1. The zero-order chi connectivity index (χ0) is 13.0. The minimum Gasteiger partial charge on any atom is -0.395 e. The van der Waals surface area contributed by atoms with Gasteiger partial charge in [-0.2, -0.15) is 0 Å². The maximum absolute atomic E-state index is 9.87. The standard InChI is InChI=1S/C15H17NO2/c16-14(10-17)15(18)13-8-6-12(7-9-13)11-4-2-1-3-5-11/h1-9,14-15,17-18H,10,16H2/t14-,15+/m0/s1. The highest BCUT2D eigenvalue weighted by atomic mass is 16.3. The van der Waals surface area contributed by atoms with Gasteiger partial charge in [-0.05, 0) is 16.7 Å². The van der Waals surface area contributed by atoms with Crippen molar-refractivity contribution in [2.45, 2.75) is 12.1 Å². The highest BCUT2D eigenvalue weighted by molar-refractivity contribution is 5.63. The summed E-state index contributed by atoms with van der Waals surface area (Å²) in [5, 5.41) is 18.8. The van der Waals surface area contributed by atoms with Gasteiger partial charge >= 0.3 is 0 Å². The Morgan fingerprint density at radius 3 is 2.00 bits per heavy atom. The van der Waals surface area contributed by atoms with Gasteiger partial charge in [-0.15, -0.1) is 0 Å². The van der Waals surface area contributed by atoms with Gasteiger partial charge in [0, 0.05) is 0 Å². The van der Waals surface area contributed by atoms with Gasteiger partial charge in [0.05, 0.1) is 18.8 Å². The van der Waals surface area contributed by atoms with Gasteiger partial charge in [0.25, 0.3) is 0 Å². The Labute approximate surface area is 107 Å². The van der Waals surface area contributed by atoms with Crippen molar-refractivity contribution in [3.05, 3.63) is 60.2 Å². The van der Waals surface area contributed by atoms with Crippen LogP contribution in [0.3, 0.4) is 0 Å². The molecule has 2 rings (SSSR count). The predicted octanol–water partition coefficient (Wildman–Crippen LogP) is 1.71. The van der Waals surface area contributed by atoms with Gasteiger partial charge in [-0.25, -0.2) is 0 Å². The lowest BCUT2D eigenvalue weighted by Crippen LogP contribution is -2.31. The second kappa shape index (κ2) is 5.78. The molecule has 2 atom stereocenters. The van der Waals surface area contributed by atoms with E-state index in [0.717, 1.165) is 16.7 Å². The number of aliphatic hydroxyl groups is 2. The van der Waals surface area contributed by atoms with Crippen LogP contribution in [-0.4, -0.2) is 22.9 Å². The first-order valence-electron chi connectivity index (χ1n) is 5.92. The number of hydrogen-bond donors (Lipinski definition) is 3. The molecule has 4 N–H and O–H groups in total. The van der Waals surface area contributed by atoms with Crippen molar-refractivity contribution in [2.24, 2.45) is 5.73 Å². The predicted molar refractivity (Wildman–Crippen MR) is 71.9 cm³/mol. The summed E-state index contributed by atoms with van der Waals surface area (Å²) in [6.07, 6.45) is -0.833. The molecule has 0 aliphatic rings. The Morgan fingerprint density at radius 2 is 1.44 bits per heavy atom. The van der Waals surface area contributed by atoms with Crippen molar-refractivity contribution in [1.82, 2.24) is 0 Å². The van der Waals surface area contributed by atoms with E-state index in [0.29, 0.717) is 0 Å². The molecule has 0 unspecified atom stereocenters. The fourth-order valence-corrected chi connectivity index (χ4v) is 1.85. The van der Waals surface area contributed by atoms with E-state index in [2.05, 4.69) is 0 Å². The minimum absolute atomic E-state index is 0.235. The lowest BCUT2D eigenvalue weighted by molar-refractivity contribution is 0.109. The Kier molecular flexibility index (Phi) is 4.10. The Balaban J connectivity index is 2.20. The van der Waals surface area contributed by atoms with Crippen LogP contribution in [0.2, 0.25) is 0 Å². The average molecular weight is 243 g/mol. The number of rotatable bonds is 4. The van der Waals surface area contributed by atoms with Crippen LogP contribution in [0, 0.1) is 0 Å². The molecule has 94 valence electrons. The van der Waals surface area contributed by atoms with Gasteiger partial charge in [0.15, 0.2) is 0 Å². The maximum atomic E-state index is 9.87. The number of nitrogens with two attached hydrogens (primary N) is 1. The molecule has 18 heavy (non-hydrogen) atoms. The summed E-state index contributed by atoms with van der Waals surface area (Å²) in [7, 11) is 0. The number of benzene rings is 2. The molecule has 0 spiro atoms. The molecule has 0 saturated heterocycles. The summed E-state index contributed by atoms with van der Waals surface area (Å²) in [6, 6.07) is 16.9. The van der Waals surface area contributed by atoms with Crippen molar-refractivity contribution >= 4 is 0 Å². The molecular weight excluding hydrogens is 226 g/mol. The van der Waals surface area contributed by atoms with E-state index in [9.17, 15) is 5.11 Å². The molecule has 2 aromatic rings. The normalized spacial score (nSPS) is 14.2. The zero-order valence-corrected chi connectivity index (χ0v) is 10.0. The van der Waals surface area contributed by atoms with Gasteiger partial charge in [0.1, 0.15) is 0 Å². The lowest BCUT2D eigenvalue weighted by Gasteiger charge is -2.17. The Bertz CT molecular complexity index is 482. The molecule has 3 nitrogen and oxygen atoms in total. The molecular formula is C15H17NO2. The van der Waals surface area contributed by atoms with E-state index < -0.39 is 12.1 Å². The molecule has 0 saturated carbocycles. The molecule has 2 aromatic carbocycles. The third-order valence-corrected chi connectivity index (χ3v) is 2.98. The van der Waals surface area contributed by atoms with Crippen LogP contribution in [0.1, 0.15) is 11.7 Å². The van der Waals surface area contributed by atoms with Crippen LogP contribution < -0.4 is 5.73 Å². The second-order valence-corrected chi connectivity index (χ2v) is 4.28. The smallest absolute Gasteiger partial charge is 0.0963 e. The molecule has 0 aromatic heterocycles. The lowest BCUT2D eigenvalue weighted by atomic mass is 9.99. The first kappa shape index (κ1) is 12.8. The van der Waals surface area contributed by atoms with E-state index in [1.54, 1.807) is 0 Å². The monoisotopic (exact) mass is 243 g/mol. The summed E-state index contributed by atoms with van der Waals surface area (Å²) < 4.78 is 0. The van der Waals surface area contributed by atoms with Crippen LogP contribution in [-0.2, 0) is 0 Å². The van der Waals surface area contributed by atoms with E-state index >= 15 is 0 Å². The van der Waals surface area contributed by atoms with Crippen LogP contribution >= 0.6 is 0 Å². The fraction of sp³-hybridized carbons (Fsp3) is 0.200. The fourth-order valence-electron chi connectivity index (χ4n) is 1.85. The molecule has 0 bridgehead atoms. The molecule has 0 amide bonds. The van der Waals surface area contributed by atoms with Crippen molar-refractivity contribution < 1.29 is 10.2 Å². The van der Waals surface area contributed by atoms with Gasteiger partial charge in [0.2, 0.25) is 0 Å². The summed E-state index contributed by atoms with van der Waals surface area (Å²) in [5.41, 5.74) is 8.53. The highest BCUT2D eigenvalue weighted by Crippen LogP contribution is 2.22. The van der Waals surface area contributed by atoms with E-state index in [4.69, 9.17) is 10.8 Å². The number of hydrogen-bond acceptors (Lipinski definition) is 3. The van der Waals surface area contributed by atoms with E-state index in [1.807, 2.05) is 54.6 Å². The first-order chi connectivity index (χ1) is 8.72. The second-order valence-electron chi connectivity index (χ2n) is 4.28. The highest BCUT2D eigenvalue weighted by Gasteiger charge is 2.15. The molecule has 0 aliphatic heterocycles. The topological polar surface area (TPSA) is 66.5 Å². The Morgan fingerprint density at radius 1 is 0.889 bits per heavy atom. The summed E-state index contributed by atoms with van der Waals surface area (Å²) >= 11 is 0. The average Bonchev–Trinajstić information content (AvgIpc) is 2.47. The van der Waals surface area contributed by atoms with Gasteiger partial charge in [-0.3, -0.25) is 0 Å². The largest absolute Gasteiger partial charge is 0.395 e. The van der Waals surface area contributed by atoms with E-state index in [-0.39, 0.29) is 6.61 Å². The van der Waals surface area contributed by atoms with E-state index in [1.165, 1.54) is 0 Å².